The molecule has 2 N–H and O–H groups in total. The average Bonchev–Trinajstić information content (AvgIpc) is 3.31. The highest BCUT2D eigenvalue weighted by Crippen LogP contribution is 2.28. The van der Waals surface area contributed by atoms with Crippen LogP contribution in [0.3, 0.4) is 0 Å². The number of rotatable bonds is 6. The van der Waals surface area contributed by atoms with Gasteiger partial charge in [0.2, 0.25) is 5.91 Å². The van der Waals surface area contributed by atoms with Crippen molar-refractivity contribution in [2.24, 2.45) is 5.92 Å². The third-order valence-electron chi connectivity index (χ3n) is 3.97. The van der Waals surface area contributed by atoms with Gasteiger partial charge in [-0.2, -0.15) is 0 Å². The number of hydrogen-bond donors (Lipinski definition) is 2. The molecule has 4 heteroatoms. The van der Waals surface area contributed by atoms with Crippen LogP contribution < -0.4 is 10.6 Å². The number of nitrogens with one attached hydrogen (secondary N) is 2. The molecule has 1 unspecified atom stereocenters. The monoisotopic (exact) mass is 274 g/mol. The van der Waals surface area contributed by atoms with E-state index >= 15 is 0 Å². The summed E-state index contributed by atoms with van der Waals surface area (Å²) in [5.41, 5.74) is 2.70. The molecule has 0 saturated heterocycles. The molecule has 20 heavy (non-hydrogen) atoms. The summed E-state index contributed by atoms with van der Waals surface area (Å²) >= 11 is 0. The molecule has 1 aromatic carbocycles. The predicted octanol–water partition coefficient (Wildman–Crippen LogP) is 1.42. The molecule has 0 radical (unpaired) electrons. The van der Waals surface area contributed by atoms with Gasteiger partial charge in [-0.25, -0.2) is 0 Å². The molecule has 1 atom stereocenters. The Balaban J connectivity index is 1.39. The summed E-state index contributed by atoms with van der Waals surface area (Å²) < 4.78 is 5.83. The lowest BCUT2D eigenvalue weighted by atomic mass is 9.97. The summed E-state index contributed by atoms with van der Waals surface area (Å²) in [5, 5.41) is 6.33. The van der Waals surface area contributed by atoms with E-state index in [4.69, 9.17) is 4.74 Å². The summed E-state index contributed by atoms with van der Waals surface area (Å²) in [7, 11) is 0. The van der Waals surface area contributed by atoms with E-state index in [1.165, 1.54) is 11.1 Å². The minimum atomic E-state index is 0.138. The molecule has 1 amide bonds. The standard InChI is InChI=1S/C16H22N2O2/c19-16(13-5-6-13)18-9-8-17-11-15-14-4-2-1-3-12(14)7-10-20-15/h1-4,13,15,17H,5-11H2,(H,18,19). The molecular formula is C16H22N2O2. The van der Waals surface area contributed by atoms with Crippen molar-refractivity contribution in [2.75, 3.05) is 26.2 Å². The molecule has 0 aromatic heterocycles. The van der Waals surface area contributed by atoms with Crippen molar-refractivity contribution < 1.29 is 9.53 Å². The van der Waals surface area contributed by atoms with Crippen molar-refractivity contribution in [3.63, 3.8) is 0 Å². The van der Waals surface area contributed by atoms with Gasteiger partial charge in [0.1, 0.15) is 0 Å². The molecule has 1 aliphatic carbocycles. The number of hydrogen-bond acceptors (Lipinski definition) is 3. The van der Waals surface area contributed by atoms with Crippen LogP contribution in [0.5, 0.6) is 0 Å². The van der Waals surface area contributed by atoms with Gasteiger partial charge in [-0.3, -0.25) is 4.79 Å². The van der Waals surface area contributed by atoms with E-state index in [9.17, 15) is 4.79 Å². The summed E-state index contributed by atoms with van der Waals surface area (Å²) in [6.07, 6.45) is 3.27. The number of fused-ring (bicyclic) bond motifs is 1. The van der Waals surface area contributed by atoms with Crippen LogP contribution in [0.15, 0.2) is 24.3 Å². The molecule has 1 aliphatic heterocycles. The summed E-state index contributed by atoms with van der Waals surface area (Å²) in [6.45, 7) is 3.09. The van der Waals surface area contributed by atoms with Gasteiger partial charge >= 0.3 is 0 Å². The van der Waals surface area contributed by atoms with Crippen LogP contribution in [0, 0.1) is 5.92 Å². The Morgan fingerprint density at radius 2 is 2.10 bits per heavy atom. The number of carbonyl (C=O) groups excluding carboxylic acids is 1. The molecule has 1 fully saturated rings. The topological polar surface area (TPSA) is 50.4 Å². The van der Waals surface area contributed by atoms with Crippen LogP contribution in [-0.2, 0) is 16.0 Å². The molecule has 1 heterocycles. The van der Waals surface area contributed by atoms with E-state index < -0.39 is 0 Å². The lowest BCUT2D eigenvalue weighted by Crippen LogP contribution is -2.35. The average molecular weight is 274 g/mol. The molecule has 3 rings (SSSR count). The van der Waals surface area contributed by atoms with E-state index in [0.29, 0.717) is 12.5 Å². The van der Waals surface area contributed by atoms with Crippen LogP contribution in [0.4, 0.5) is 0 Å². The zero-order chi connectivity index (χ0) is 13.8. The van der Waals surface area contributed by atoms with Gasteiger partial charge in [0, 0.05) is 25.6 Å². The van der Waals surface area contributed by atoms with Crippen molar-refractivity contribution >= 4 is 5.91 Å². The van der Waals surface area contributed by atoms with Crippen LogP contribution in [0.1, 0.15) is 30.1 Å². The van der Waals surface area contributed by atoms with Gasteiger partial charge < -0.3 is 15.4 Å². The van der Waals surface area contributed by atoms with E-state index in [-0.39, 0.29) is 12.0 Å². The summed E-state index contributed by atoms with van der Waals surface area (Å²) in [6, 6.07) is 8.48. The molecule has 2 aliphatic rings. The Labute approximate surface area is 119 Å². The highest BCUT2D eigenvalue weighted by atomic mass is 16.5. The Morgan fingerprint density at radius 1 is 1.25 bits per heavy atom. The Bertz CT molecular complexity index is 471. The van der Waals surface area contributed by atoms with Crippen LogP contribution in [-0.4, -0.2) is 32.1 Å². The molecular weight excluding hydrogens is 252 g/mol. The number of amides is 1. The molecule has 108 valence electrons. The zero-order valence-corrected chi connectivity index (χ0v) is 11.7. The fraction of sp³-hybridized carbons (Fsp3) is 0.562. The molecule has 0 bridgehead atoms. The lowest BCUT2D eigenvalue weighted by Gasteiger charge is -2.26. The van der Waals surface area contributed by atoms with Gasteiger partial charge in [0.25, 0.3) is 0 Å². The largest absolute Gasteiger partial charge is 0.372 e. The maximum Gasteiger partial charge on any atom is 0.223 e. The summed E-state index contributed by atoms with van der Waals surface area (Å²) in [5.74, 6) is 0.509. The Kier molecular flexibility index (Phi) is 4.33. The quantitative estimate of drug-likeness (QED) is 0.771. The van der Waals surface area contributed by atoms with E-state index in [2.05, 4.69) is 34.9 Å². The van der Waals surface area contributed by atoms with Gasteiger partial charge in [-0.1, -0.05) is 24.3 Å². The van der Waals surface area contributed by atoms with E-state index in [1.807, 2.05) is 0 Å². The third kappa shape index (κ3) is 3.38. The maximum absolute atomic E-state index is 11.5. The lowest BCUT2D eigenvalue weighted by molar-refractivity contribution is -0.122. The zero-order valence-electron chi connectivity index (χ0n) is 11.7. The van der Waals surface area contributed by atoms with Crippen molar-refractivity contribution in [1.29, 1.82) is 0 Å². The Morgan fingerprint density at radius 3 is 2.95 bits per heavy atom. The van der Waals surface area contributed by atoms with Crippen LogP contribution >= 0.6 is 0 Å². The first kappa shape index (κ1) is 13.6. The minimum absolute atomic E-state index is 0.138. The molecule has 1 saturated carbocycles. The van der Waals surface area contributed by atoms with Crippen molar-refractivity contribution in [3.8, 4) is 0 Å². The first-order valence-electron chi connectivity index (χ1n) is 7.52. The van der Waals surface area contributed by atoms with Crippen molar-refractivity contribution in [3.05, 3.63) is 35.4 Å². The minimum Gasteiger partial charge on any atom is -0.372 e. The molecule has 1 aromatic rings. The molecule has 0 spiro atoms. The van der Waals surface area contributed by atoms with Gasteiger partial charge in [0.15, 0.2) is 0 Å². The van der Waals surface area contributed by atoms with Gasteiger partial charge in [0.05, 0.1) is 12.7 Å². The first-order valence-corrected chi connectivity index (χ1v) is 7.52. The first-order chi connectivity index (χ1) is 9.84. The van der Waals surface area contributed by atoms with E-state index in [1.54, 1.807) is 0 Å². The SMILES string of the molecule is O=C(NCCNCC1OCCc2ccccc21)C1CC1. The number of ether oxygens (including phenoxy) is 1. The maximum atomic E-state index is 11.5. The van der Waals surface area contributed by atoms with Gasteiger partial charge in [-0.15, -0.1) is 0 Å². The second-order valence-electron chi connectivity index (χ2n) is 5.58. The smallest absolute Gasteiger partial charge is 0.223 e. The van der Waals surface area contributed by atoms with Crippen LogP contribution in [0.25, 0.3) is 0 Å². The van der Waals surface area contributed by atoms with Crippen LogP contribution in [0.2, 0.25) is 0 Å². The fourth-order valence-corrected chi connectivity index (χ4v) is 2.64. The molecule has 4 nitrogen and oxygen atoms in total. The number of carbonyl (C=O) groups is 1. The highest BCUT2D eigenvalue weighted by Gasteiger charge is 2.29. The van der Waals surface area contributed by atoms with Crippen molar-refractivity contribution in [2.45, 2.75) is 25.4 Å². The second kappa shape index (κ2) is 6.37. The highest BCUT2D eigenvalue weighted by molar-refractivity contribution is 5.80. The number of benzene rings is 1. The Hall–Kier alpha value is -1.39. The third-order valence-corrected chi connectivity index (χ3v) is 3.97. The summed E-state index contributed by atoms with van der Waals surface area (Å²) in [4.78, 5) is 11.5. The fourth-order valence-electron chi connectivity index (χ4n) is 2.64. The predicted molar refractivity (Wildman–Crippen MR) is 77.4 cm³/mol. The second-order valence-corrected chi connectivity index (χ2v) is 5.58. The van der Waals surface area contributed by atoms with Gasteiger partial charge in [-0.05, 0) is 30.4 Å². The van der Waals surface area contributed by atoms with Crippen molar-refractivity contribution in [1.82, 2.24) is 10.6 Å². The normalized spacial score (nSPS) is 21.3. The van der Waals surface area contributed by atoms with E-state index in [0.717, 1.165) is 39.0 Å².